The summed E-state index contributed by atoms with van der Waals surface area (Å²) in [7, 11) is 0. The minimum Gasteiger partial charge on any atom is -0.269 e. The second-order valence-corrected chi connectivity index (χ2v) is 4.62. The van der Waals surface area contributed by atoms with E-state index in [0.717, 1.165) is 10.0 Å². The van der Waals surface area contributed by atoms with Crippen LogP contribution in [0.1, 0.15) is 12.5 Å². The van der Waals surface area contributed by atoms with Crippen molar-refractivity contribution in [3.05, 3.63) is 39.9 Å². The predicted molar refractivity (Wildman–Crippen MR) is 65.1 cm³/mol. The number of aryl methyl sites for hydroxylation is 1. The molecule has 1 aromatic carbocycles. The molecule has 0 N–H and O–H groups in total. The van der Waals surface area contributed by atoms with Gasteiger partial charge in [0.1, 0.15) is 0 Å². The molecule has 0 aromatic heterocycles. The molecule has 0 radical (unpaired) electrons. The van der Waals surface area contributed by atoms with Gasteiger partial charge in [-0.1, -0.05) is 6.07 Å². The van der Waals surface area contributed by atoms with Crippen molar-refractivity contribution in [2.24, 2.45) is 0 Å². The van der Waals surface area contributed by atoms with Gasteiger partial charge >= 0.3 is 0 Å². The average Bonchev–Trinajstić information content (AvgIpc) is 2.46. The Morgan fingerprint density at radius 2 is 1.88 bits per heavy atom. The molecule has 4 heteroatoms. The first-order valence-corrected chi connectivity index (χ1v) is 5.63. The van der Waals surface area contributed by atoms with Crippen LogP contribution in [-0.2, 0) is 9.59 Å². The van der Waals surface area contributed by atoms with E-state index in [-0.39, 0.29) is 11.8 Å². The van der Waals surface area contributed by atoms with Crippen LogP contribution in [0.25, 0.3) is 0 Å². The van der Waals surface area contributed by atoms with Crippen LogP contribution >= 0.6 is 15.9 Å². The maximum atomic E-state index is 11.8. The van der Waals surface area contributed by atoms with E-state index in [9.17, 15) is 9.59 Å². The highest BCUT2D eigenvalue weighted by Gasteiger charge is 2.30. The van der Waals surface area contributed by atoms with Crippen molar-refractivity contribution in [1.29, 1.82) is 0 Å². The number of benzene rings is 1. The Bertz CT molecular complexity index is 520. The Labute approximate surface area is 102 Å². The van der Waals surface area contributed by atoms with Crippen LogP contribution in [0, 0.1) is 6.92 Å². The monoisotopic (exact) mass is 279 g/mol. The molecule has 0 unspecified atom stereocenters. The molecule has 0 saturated heterocycles. The number of hydrogen-bond acceptors (Lipinski definition) is 2. The summed E-state index contributed by atoms with van der Waals surface area (Å²) in [5.74, 6) is -0.537. The third-order valence-electron chi connectivity index (χ3n) is 2.44. The van der Waals surface area contributed by atoms with Crippen molar-refractivity contribution < 1.29 is 9.59 Å². The van der Waals surface area contributed by atoms with Crippen LogP contribution in [0.2, 0.25) is 0 Å². The Balaban J connectivity index is 2.50. The van der Waals surface area contributed by atoms with Gasteiger partial charge in [-0.25, -0.2) is 4.90 Å². The van der Waals surface area contributed by atoms with Crippen molar-refractivity contribution in [2.75, 3.05) is 4.90 Å². The first-order valence-electron chi connectivity index (χ1n) is 4.83. The summed E-state index contributed by atoms with van der Waals surface area (Å²) >= 11 is 3.35. The Morgan fingerprint density at radius 1 is 1.19 bits per heavy atom. The fourth-order valence-corrected chi connectivity index (χ4v) is 2.03. The van der Waals surface area contributed by atoms with Crippen molar-refractivity contribution in [3.8, 4) is 0 Å². The number of rotatable bonds is 1. The molecule has 1 heterocycles. The summed E-state index contributed by atoms with van der Waals surface area (Å²) in [5, 5.41) is 0. The summed E-state index contributed by atoms with van der Waals surface area (Å²) in [5.41, 5.74) is 2.07. The molecule has 3 nitrogen and oxygen atoms in total. The molecule has 1 aliphatic rings. The third-order valence-corrected chi connectivity index (χ3v) is 3.11. The molecule has 2 amide bonds. The molecular formula is C12H10BrNO2. The molecule has 1 aliphatic heterocycles. The van der Waals surface area contributed by atoms with Crippen molar-refractivity contribution in [2.45, 2.75) is 13.8 Å². The van der Waals surface area contributed by atoms with Gasteiger partial charge in [-0.3, -0.25) is 9.59 Å². The number of carbonyl (C=O) groups excluding carboxylic acids is 2. The average molecular weight is 280 g/mol. The zero-order valence-corrected chi connectivity index (χ0v) is 10.5. The zero-order valence-electron chi connectivity index (χ0n) is 8.95. The lowest BCUT2D eigenvalue weighted by Crippen LogP contribution is -2.30. The molecule has 0 aliphatic carbocycles. The quantitative estimate of drug-likeness (QED) is 0.741. The van der Waals surface area contributed by atoms with E-state index in [4.69, 9.17) is 0 Å². The Hall–Kier alpha value is -1.42. The van der Waals surface area contributed by atoms with E-state index in [0.29, 0.717) is 11.3 Å². The first kappa shape index (κ1) is 11.1. The first-order chi connectivity index (χ1) is 7.50. The standard InChI is InChI=1S/C12H10BrNO2/c1-7-3-4-9(13)10(5-7)14-11(15)6-8(2)12(14)16/h3-6H,1-2H3. The van der Waals surface area contributed by atoms with Crippen molar-refractivity contribution in [1.82, 2.24) is 0 Å². The van der Waals surface area contributed by atoms with Gasteiger partial charge in [0, 0.05) is 16.1 Å². The topological polar surface area (TPSA) is 37.4 Å². The normalized spacial score (nSPS) is 15.7. The largest absolute Gasteiger partial charge is 0.269 e. The van der Waals surface area contributed by atoms with Crippen LogP contribution in [0.5, 0.6) is 0 Å². The molecule has 82 valence electrons. The van der Waals surface area contributed by atoms with Gasteiger partial charge < -0.3 is 0 Å². The molecule has 2 rings (SSSR count). The second-order valence-electron chi connectivity index (χ2n) is 3.76. The number of hydrogen-bond donors (Lipinski definition) is 0. The molecule has 0 bridgehead atoms. The molecule has 0 saturated carbocycles. The molecule has 0 spiro atoms. The summed E-state index contributed by atoms with van der Waals surface area (Å²) in [4.78, 5) is 24.6. The van der Waals surface area contributed by atoms with Gasteiger partial charge in [-0.15, -0.1) is 0 Å². The van der Waals surface area contributed by atoms with Crippen LogP contribution in [0.3, 0.4) is 0 Å². The number of anilines is 1. The Kier molecular flexibility index (Phi) is 2.68. The number of carbonyl (C=O) groups is 2. The number of imide groups is 1. The summed E-state index contributed by atoms with van der Waals surface area (Å²) in [6.07, 6.45) is 1.36. The summed E-state index contributed by atoms with van der Waals surface area (Å²) < 4.78 is 0.739. The number of nitrogens with zero attached hydrogens (tertiary/aromatic N) is 1. The summed E-state index contributed by atoms with van der Waals surface area (Å²) in [6.45, 7) is 3.56. The van der Waals surface area contributed by atoms with Crippen LogP contribution in [0.15, 0.2) is 34.3 Å². The molecule has 1 aromatic rings. The lowest BCUT2D eigenvalue weighted by molar-refractivity contribution is -0.120. The number of halogens is 1. The maximum Gasteiger partial charge on any atom is 0.261 e. The van der Waals surface area contributed by atoms with Crippen LogP contribution in [-0.4, -0.2) is 11.8 Å². The molecular weight excluding hydrogens is 270 g/mol. The van der Waals surface area contributed by atoms with Gasteiger partial charge in [-0.2, -0.15) is 0 Å². The lowest BCUT2D eigenvalue weighted by atomic mass is 10.2. The van der Waals surface area contributed by atoms with Crippen molar-refractivity contribution >= 4 is 33.4 Å². The van der Waals surface area contributed by atoms with E-state index < -0.39 is 0 Å². The smallest absolute Gasteiger partial charge is 0.261 e. The van der Waals surface area contributed by atoms with Gasteiger partial charge in [0.2, 0.25) is 0 Å². The zero-order chi connectivity index (χ0) is 11.9. The molecule has 16 heavy (non-hydrogen) atoms. The fourth-order valence-electron chi connectivity index (χ4n) is 1.61. The van der Waals surface area contributed by atoms with Crippen LogP contribution in [0.4, 0.5) is 5.69 Å². The lowest BCUT2D eigenvalue weighted by Gasteiger charge is -2.16. The number of amides is 2. The molecule has 0 fully saturated rings. The minimum atomic E-state index is -0.284. The maximum absolute atomic E-state index is 11.8. The SMILES string of the molecule is CC1=CC(=O)N(c2cc(C)ccc2Br)C1=O. The van der Waals surface area contributed by atoms with E-state index in [1.807, 2.05) is 25.1 Å². The minimum absolute atomic E-state index is 0.253. The van der Waals surface area contributed by atoms with E-state index >= 15 is 0 Å². The van der Waals surface area contributed by atoms with Crippen LogP contribution < -0.4 is 4.90 Å². The predicted octanol–water partition coefficient (Wildman–Crippen LogP) is 2.58. The second kappa shape index (κ2) is 3.87. The van der Waals surface area contributed by atoms with E-state index in [1.165, 1.54) is 11.0 Å². The highest BCUT2D eigenvalue weighted by atomic mass is 79.9. The van der Waals surface area contributed by atoms with Crippen molar-refractivity contribution in [3.63, 3.8) is 0 Å². The highest BCUT2D eigenvalue weighted by molar-refractivity contribution is 9.10. The fraction of sp³-hybridized carbons (Fsp3) is 0.167. The highest BCUT2D eigenvalue weighted by Crippen LogP contribution is 2.30. The third kappa shape index (κ3) is 1.69. The van der Waals surface area contributed by atoms with E-state index in [1.54, 1.807) is 6.92 Å². The van der Waals surface area contributed by atoms with Gasteiger partial charge in [0.15, 0.2) is 0 Å². The van der Waals surface area contributed by atoms with Gasteiger partial charge in [-0.05, 0) is 47.5 Å². The van der Waals surface area contributed by atoms with E-state index in [2.05, 4.69) is 15.9 Å². The summed E-state index contributed by atoms with van der Waals surface area (Å²) in [6, 6.07) is 5.56. The Morgan fingerprint density at radius 3 is 2.44 bits per heavy atom. The molecule has 0 atom stereocenters. The van der Waals surface area contributed by atoms with Gasteiger partial charge in [0.25, 0.3) is 11.8 Å². The van der Waals surface area contributed by atoms with Gasteiger partial charge in [0.05, 0.1) is 5.69 Å².